The van der Waals surface area contributed by atoms with Crippen molar-refractivity contribution in [1.82, 2.24) is 4.90 Å². The molecule has 0 atom stereocenters. The van der Waals surface area contributed by atoms with Crippen LogP contribution < -0.4 is 4.74 Å². The van der Waals surface area contributed by atoms with Crippen molar-refractivity contribution in [2.24, 2.45) is 5.92 Å². The summed E-state index contributed by atoms with van der Waals surface area (Å²) in [5.74, 6) is -3.26. The van der Waals surface area contributed by atoms with Crippen LogP contribution in [0.5, 0.6) is 5.75 Å². The molecule has 2 aliphatic rings. The average molecular weight is 518 g/mol. The lowest BCUT2D eigenvalue weighted by Crippen LogP contribution is -2.35. The molecule has 0 unspecified atom stereocenters. The molecule has 0 amide bonds. The lowest BCUT2D eigenvalue weighted by molar-refractivity contribution is -0.0281. The molecule has 0 bridgehead atoms. The van der Waals surface area contributed by atoms with Crippen LogP contribution in [0.15, 0.2) is 30.3 Å². The summed E-state index contributed by atoms with van der Waals surface area (Å²) in [6.45, 7) is 0.562. The van der Waals surface area contributed by atoms with E-state index in [-0.39, 0.29) is 22.4 Å². The Morgan fingerprint density at radius 3 is 2.41 bits per heavy atom. The monoisotopic (exact) mass is 517 g/mol. The highest BCUT2D eigenvalue weighted by Gasteiger charge is 2.33. The molecule has 1 aliphatic heterocycles. The fourth-order valence-electron chi connectivity index (χ4n) is 4.37. The Kier molecular flexibility index (Phi) is 7.75. The molecule has 0 aromatic heterocycles. The van der Waals surface area contributed by atoms with E-state index in [1.54, 1.807) is 6.07 Å². The Labute approximate surface area is 206 Å². The Morgan fingerprint density at radius 1 is 1.09 bits per heavy atom. The third kappa shape index (κ3) is 6.04. The molecule has 2 aromatic carbocycles. The van der Waals surface area contributed by atoms with E-state index in [1.807, 2.05) is 0 Å². The van der Waals surface area contributed by atoms with Crippen molar-refractivity contribution in [1.29, 1.82) is 0 Å². The van der Waals surface area contributed by atoms with E-state index in [0.717, 1.165) is 50.4 Å². The number of carbonyl (C=O) groups is 1. The molecule has 4 rings (SSSR count). The number of hydrogen-bond acceptors (Lipinski definition) is 3. The van der Waals surface area contributed by atoms with Crippen LogP contribution in [-0.2, 0) is 12.5 Å². The third-order valence-corrected chi connectivity index (χ3v) is 6.89. The Balaban J connectivity index is 1.33. The van der Waals surface area contributed by atoms with Gasteiger partial charge in [0.05, 0.1) is 12.2 Å². The van der Waals surface area contributed by atoms with E-state index in [1.165, 1.54) is 18.2 Å². The van der Waals surface area contributed by atoms with Gasteiger partial charge in [0.25, 0.3) is 5.24 Å². The topological polar surface area (TPSA) is 29.5 Å². The highest BCUT2D eigenvalue weighted by atomic mass is 35.5. The van der Waals surface area contributed by atoms with Crippen molar-refractivity contribution in [3.05, 3.63) is 63.4 Å². The molecule has 9 heteroatoms. The number of carbonyl (C=O) groups excluding carboxylic acids is 1. The van der Waals surface area contributed by atoms with E-state index in [9.17, 15) is 22.4 Å². The number of rotatable bonds is 9. The zero-order valence-electron chi connectivity index (χ0n) is 18.4. The predicted molar refractivity (Wildman–Crippen MR) is 123 cm³/mol. The fraction of sp³-hybridized carbons (Fsp3) is 0.480. The predicted octanol–water partition coefficient (Wildman–Crippen LogP) is 7.09. The highest BCUT2D eigenvalue weighted by Crippen LogP contribution is 2.45. The van der Waals surface area contributed by atoms with Crippen LogP contribution in [0.25, 0.3) is 0 Å². The van der Waals surface area contributed by atoms with Crippen molar-refractivity contribution in [3.63, 3.8) is 0 Å². The standard InChI is InChI=1S/C25H25Cl2F4NO2/c26-19-8-16(7-18(9-19)25(30,31)14-28)12-32-5-3-15(4-6-32)13-34-23-11-22(29)21(24(27)33)10-20(23)17-1-2-17/h7-11,15,17H,1-6,12-14H2. The molecular weight excluding hydrogens is 493 g/mol. The normalized spacial score (nSPS) is 17.7. The molecule has 1 saturated carbocycles. The second kappa shape index (κ2) is 10.4. The van der Waals surface area contributed by atoms with E-state index < -0.39 is 29.2 Å². The molecule has 0 spiro atoms. The Morgan fingerprint density at radius 2 is 1.79 bits per heavy atom. The van der Waals surface area contributed by atoms with Crippen LogP contribution in [0, 0.1) is 11.7 Å². The maximum atomic E-state index is 14.3. The second-order valence-corrected chi connectivity index (χ2v) is 9.91. The SMILES string of the molecule is O=C(Cl)c1cc(C2CC2)c(OCC2CCN(Cc3cc(Cl)cc(C(F)(F)CF)c3)CC2)cc1F. The van der Waals surface area contributed by atoms with Crippen LogP contribution in [0.2, 0.25) is 5.02 Å². The number of nitrogens with zero attached hydrogens (tertiary/aromatic N) is 1. The van der Waals surface area contributed by atoms with E-state index in [0.29, 0.717) is 24.5 Å². The molecule has 1 heterocycles. The van der Waals surface area contributed by atoms with E-state index in [4.69, 9.17) is 27.9 Å². The quantitative estimate of drug-likeness (QED) is 0.262. The van der Waals surface area contributed by atoms with Gasteiger partial charge in [-0.05, 0) is 97.6 Å². The lowest BCUT2D eigenvalue weighted by atomic mass is 9.97. The van der Waals surface area contributed by atoms with Gasteiger partial charge in [0.15, 0.2) is 6.67 Å². The number of alkyl halides is 3. The van der Waals surface area contributed by atoms with Crippen LogP contribution in [0.4, 0.5) is 17.6 Å². The Hall–Kier alpha value is -1.83. The molecule has 2 aromatic rings. The summed E-state index contributed by atoms with van der Waals surface area (Å²) in [5.41, 5.74) is 0.896. The summed E-state index contributed by atoms with van der Waals surface area (Å²) in [6, 6.07) is 6.79. The maximum absolute atomic E-state index is 14.3. The number of ether oxygens (including phenoxy) is 1. The molecule has 34 heavy (non-hydrogen) atoms. The first kappa shape index (κ1) is 25.3. The number of hydrogen-bond donors (Lipinski definition) is 0. The summed E-state index contributed by atoms with van der Waals surface area (Å²) in [5, 5.41) is -0.664. The highest BCUT2D eigenvalue weighted by molar-refractivity contribution is 6.67. The zero-order valence-corrected chi connectivity index (χ0v) is 19.9. The molecular formula is C25H25Cl2F4NO2. The van der Waals surface area contributed by atoms with Crippen LogP contribution in [0.1, 0.15) is 58.6 Å². The van der Waals surface area contributed by atoms with Gasteiger partial charge in [-0.3, -0.25) is 9.69 Å². The van der Waals surface area contributed by atoms with Gasteiger partial charge in [-0.25, -0.2) is 8.78 Å². The van der Waals surface area contributed by atoms with Gasteiger partial charge in [-0.15, -0.1) is 0 Å². The molecule has 0 N–H and O–H groups in total. The average Bonchev–Trinajstić information content (AvgIpc) is 3.63. The van der Waals surface area contributed by atoms with Gasteiger partial charge in [-0.1, -0.05) is 11.6 Å². The number of benzene rings is 2. The van der Waals surface area contributed by atoms with Crippen molar-refractivity contribution in [3.8, 4) is 5.75 Å². The van der Waals surface area contributed by atoms with Crippen LogP contribution in [-0.4, -0.2) is 36.5 Å². The first-order valence-corrected chi connectivity index (χ1v) is 12.0. The molecule has 0 radical (unpaired) electrons. The van der Waals surface area contributed by atoms with Crippen molar-refractivity contribution in [2.75, 3.05) is 26.4 Å². The lowest BCUT2D eigenvalue weighted by Gasteiger charge is -2.32. The second-order valence-electron chi connectivity index (χ2n) is 9.13. The van der Waals surface area contributed by atoms with Gasteiger partial charge < -0.3 is 4.74 Å². The zero-order chi connectivity index (χ0) is 24.5. The minimum Gasteiger partial charge on any atom is -0.493 e. The van der Waals surface area contributed by atoms with Crippen molar-refractivity contribution in [2.45, 2.75) is 44.1 Å². The first-order valence-electron chi connectivity index (χ1n) is 11.3. The summed E-state index contributed by atoms with van der Waals surface area (Å²) < 4.78 is 60.5. The van der Waals surface area contributed by atoms with Crippen molar-refractivity contribution < 1.29 is 27.1 Å². The minimum atomic E-state index is -3.56. The summed E-state index contributed by atoms with van der Waals surface area (Å²) in [7, 11) is 0. The summed E-state index contributed by atoms with van der Waals surface area (Å²) in [4.78, 5) is 13.6. The van der Waals surface area contributed by atoms with E-state index in [2.05, 4.69) is 4.90 Å². The minimum absolute atomic E-state index is 0.127. The summed E-state index contributed by atoms with van der Waals surface area (Å²) >= 11 is 11.5. The van der Waals surface area contributed by atoms with Gasteiger partial charge >= 0.3 is 5.92 Å². The number of halogens is 6. The van der Waals surface area contributed by atoms with Gasteiger partial charge in [0.1, 0.15) is 11.6 Å². The molecule has 2 fully saturated rings. The largest absolute Gasteiger partial charge is 0.493 e. The first-order chi connectivity index (χ1) is 16.2. The van der Waals surface area contributed by atoms with Crippen LogP contribution in [0.3, 0.4) is 0 Å². The molecule has 1 saturated heterocycles. The third-order valence-electron chi connectivity index (χ3n) is 6.46. The van der Waals surface area contributed by atoms with Gasteiger partial charge in [-0.2, -0.15) is 8.78 Å². The van der Waals surface area contributed by atoms with Gasteiger partial charge in [0.2, 0.25) is 0 Å². The smallest absolute Gasteiger partial charge is 0.301 e. The van der Waals surface area contributed by atoms with Crippen LogP contribution >= 0.6 is 23.2 Å². The fourth-order valence-corrected chi connectivity index (χ4v) is 4.77. The molecule has 1 aliphatic carbocycles. The Bertz CT molecular complexity index is 1050. The summed E-state index contributed by atoms with van der Waals surface area (Å²) in [6.07, 6.45) is 3.60. The van der Waals surface area contributed by atoms with E-state index >= 15 is 0 Å². The van der Waals surface area contributed by atoms with Crippen molar-refractivity contribution >= 4 is 28.4 Å². The van der Waals surface area contributed by atoms with Gasteiger partial charge in [0, 0.05) is 23.2 Å². The number of likely N-dealkylation sites (tertiary alicyclic amines) is 1. The number of piperidine rings is 1. The molecule has 184 valence electrons. The molecule has 3 nitrogen and oxygen atoms in total. The maximum Gasteiger partial charge on any atom is 0.301 e.